The molecule has 1 aromatic heterocycles. The van der Waals surface area contributed by atoms with Crippen molar-refractivity contribution in [1.29, 1.82) is 0 Å². The van der Waals surface area contributed by atoms with Crippen molar-refractivity contribution in [1.82, 2.24) is 4.98 Å². The summed E-state index contributed by atoms with van der Waals surface area (Å²) in [5.41, 5.74) is 1.58. The van der Waals surface area contributed by atoms with Crippen molar-refractivity contribution >= 4 is 21.6 Å². The number of carbonyl (C=O) groups excluding carboxylic acids is 1. The first kappa shape index (κ1) is 17.1. The molecule has 0 aliphatic rings. The average molecular weight is 332 g/mol. The van der Waals surface area contributed by atoms with Gasteiger partial charge in [0, 0.05) is 12.1 Å². The number of amides is 1. The number of rotatable bonds is 7. The molecule has 0 bridgehead atoms. The van der Waals surface area contributed by atoms with Crippen LogP contribution in [0, 0.1) is 6.92 Å². The first-order chi connectivity index (χ1) is 10.9. The number of aromatic nitrogens is 1. The van der Waals surface area contributed by atoms with E-state index in [1.54, 1.807) is 18.2 Å². The van der Waals surface area contributed by atoms with Crippen LogP contribution in [-0.2, 0) is 20.4 Å². The van der Waals surface area contributed by atoms with Gasteiger partial charge in [-0.05, 0) is 31.0 Å². The van der Waals surface area contributed by atoms with Gasteiger partial charge in [-0.1, -0.05) is 36.4 Å². The van der Waals surface area contributed by atoms with E-state index in [2.05, 4.69) is 10.3 Å². The van der Waals surface area contributed by atoms with Gasteiger partial charge in [0.15, 0.2) is 9.84 Å². The molecule has 1 aromatic carbocycles. The molecule has 1 heterocycles. The van der Waals surface area contributed by atoms with Crippen molar-refractivity contribution < 1.29 is 13.2 Å². The highest BCUT2D eigenvalue weighted by molar-refractivity contribution is 7.90. The van der Waals surface area contributed by atoms with E-state index in [9.17, 15) is 13.2 Å². The van der Waals surface area contributed by atoms with Gasteiger partial charge in [0.1, 0.15) is 5.82 Å². The molecular formula is C17H20N2O3S. The Morgan fingerprint density at radius 2 is 1.83 bits per heavy atom. The van der Waals surface area contributed by atoms with Crippen molar-refractivity contribution in [2.24, 2.45) is 0 Å². The fourth-order valence-electron chi connectivity index (χ4n) is 2.17. The van der Waals surface area contributed by atoms with E-state index in [4.69, 9.17) is 0 Å². The van der Waals surface area contributed by atoms with Gasteiger partial charge >= 0.3 is 0 Å². The molecule has 1 N–H and O–H groups in total. The molecule has 0 radical (unpaired) electrons. The molecule has 2 rings (SSSR count). The SMILES string of the molecule is Cc1cccc(NC(=O)CCCS(=O)(=O)Cc2ccccc2)n1. The molecule has 6 heteroatoms. The Morgan fingerprint density at radius 3 is 2.52 bits per heavy atom. The third-order valence-corrected chi connectivity index (χ3v) is 4.93. The predicted molar refractivity (Wildman–Crippen MR) is 90.8 cm³/mol. The minimum absolute atomic E-state index is 0.00341. The minimum Gasteiger partial charge on any atom is -0.311 e. The van der Waals surface area contributed by atoms with Crippen LogP contribution in [0.1, 0.15) is 24.1 Å². The lowest BCUT2D eigenvalue weighted by molar-refractivity contribution is -0.116. The summed E-state index contributed by atoms with van der Waals surface area (Å²) in [6, 6.07) is 14.4. The summed E-state index contributed by atoms with van der Waals surface area (Å²) in [5, 5.41) is 2.67. The van der Waals surface area contributed by atoms with E-state index >= 15 is 0 Å². The van der Waals surface area contributed by atoms with Crippen LogP contribution in [0.15, 0.2) is 48.5 Å². The lowest BCUT2D eigenvalue weighted by Crippen LogP contribution is -2.15. The fourth-order valence-corrected chi connectivity index (χ4v) is 3.60. The Bertz CT molecular complexity index is 758. The second-order valence-corrected chi connectivity index (χ2v) is 7.58. The molecule has 0 fully saturated rings. The molecule has 0 spiro atoms. The molecule has 0 unspecified atom stereocenters. The van der Waals surface area contributed by atoms with Crippen LogP contribution in [0.2, 0.25) is 0 Å². The van der Waals surface area contributed by atoms with Crippen LogP contribution >= 0.6 is 0 Å². The van der Waals surface area contributed by atoms with E-state index in [0.29, 0.717) is 12.2 Å². The van der Waals surface area contributed by atoms with Gasteiger partial charge in [0.25, 0.3) is 0 Å². The number of hydrogen-bond acceptors (Lipinski definition) is 4. The van der Waals surface area contributed by atoms with E-state index in [0.717, 1.165) is 11.3 Å². The topological polar surface area (TPSA) is 76.1 Å². The highest BCUT2D eigenvalue weighted by Gasteiger charge is 2.13. The van der Waals surface area contributed by atoms with Gasteiger partial charge < -0.3 is 5.32 Å². The maximum absolute atomic E-state index is 12.0. The number of nitrogens with one attached hydrogen (secondary N) is 1. The summed E-state index contributed by atoms with van der Waals surface area (Å²) >= 11 is 0. The molecule has 2 aromatic rings. The number of aryl methyl sites for hydroxylation is 1. The predicted octanol–water partition coefficient (Wildman–Crippen LogP) is 2.72. The molecule has 1 amide bonds. The zero-order valence-corrected chi connectivity index (χ0v) is 13.8. The van der Waals surface area contributed by atoms with Gasteiger partial charge in [-0.25, -0.2) is 13.4 Å². The Labute approximate surface area is 136 Å². The van der Waals surface area contributed by atoms with Crippen LogP contribution in [-0.4, -0.2) is 25.1 Å². The molecule has 0 aliphatic carbocycles. The number of carbonyl (C=O) groups is 1. The third-order valence-electron chi connectivity index (χ3n) is 3.24. The molecule has 122 valence electrons. The van der Waals surface area contributed by atoms with Crippen LogP contribution in [0.25, 0.3) is 0 Å². The van der Waals surface area contributed by atoms with Gasteiger partial charge in [-0.15, -0.1) is 0 Å². The highest BCUT2D eigenvalue weighted by Crippen LogP contribution is 2.09. The number of benzene rings is 1. The Morgan fingerprint density at radius 1 is 1.09 bits per heavy atom. The second-order valence-electron chi connectivity index (χ2n) is 5.39. The molecular weight excluding hydrogens is 312 g/mol. The van der Waals surface area contributed by atoms with Crippen LogP contribution in [0.5, 0.6) is 0 Å². The van der Waals surface area contributed by atoms with Crippen molar-refractivity contribution in [3.8, 4) is 0 Å². The zero-order chi connectivity index (χ0) is 16.7. The number of pyridine rings is 1. The molecule has 0 aliphatic heterocycles. The zero-order valence-electron chi connectivity index (χ0n) is 13.0. The van der Waals surface area contributed by atoms with Crippen molar-refractivity contribution in [2.45, 2.75) is 25.5 Å². The normalized spacial score (nSPS) is 11.2. The maximum Gasteiger partial charge on any atom is 0.225 e. The van der Waals surface area contributed by atoms with E-state index in [1.165, 1.54) is 0 Å². The highest BCUT2D eigenvalue weighted by atomic mass is 32.2. The van der Waals surface area contributed by atoms with Gasteiger partial charge in [-0.2, -0.15) is 0 Å². The lowest BCUT2D eigenvalue weighted by atomic mass is 10.2. The van der Waals surface area contributed by atoms with Crippen LogP contribution in [0.4, 0.5) is 5.82 Å². The van der Waals surface area contributed by atoms with Crippen molar-refractivity contribution in [3.63, 3.8) is 0 Å². The minimum atomic E-state index is -3.21. The number of sulfone groups is 1. The van der Waals surface area contributed by atoms with Crippen LogP contribution in [0.3, 0.4) is 0 Å². The van der Waals surface area contributed by atoms with Crippen molar-refractivity contribution in [3.05, 3.63) is 59.8 Å². The monoisotopic (exact) mass is 332 g/mol. The Hall–Kier alpha value is -2.21. The molecule has 0 atom stereocenters. The first-order valence-corrected chi connectivity index (χ1v) is 9.25. The maximum atomic E-state index is 12.0. The van der Waals surface area contributed by atoms with E-state index in [1.807, 2.05) is 37.3 Å². The number of nitrogens with zero attached hydrogens (tertiary/aromatic N) is 1. The van der Waals surface area contributed by atoms with Crippen molar-refractivity contribution in [2.75, 3.05) is 11.1 Å². The summed E-state index contributed by atoms with van der Waals surface area (Å²) in [7, 11) is -3.21. The summed E-state index contributed by atoms with van der Waals surface area (Å²) in [6.07, 6.45) is 0.455. The van der Waals surface area contributed by atoms with Gasteiger partial charge in [0.05, 0.1) is 11.5 Å². The summed E-state index contributed by atoms with van der Waals surface area (Å²) in [5.74, 6) is 0.269. The molecule has 23 heavy (non-hydrogen) atoms. The third kappa shape index (κ3) is 6.20. The Kier molecular flexibility index (Phi) is 5.87. The smallest absolute Gasteiger partial charge is 0.225 e. The van der Waals surface area contributed by atoms with Gasteiger partial charge in [-0.3, -0.25) is 4.79 Å². The summed E-state index contributed by atoms with van der Waals surface area (Å²) in [4.78, 5) is 16.0. The van der Waals surface area contributed by atoms with Gasteiger partial charge in [0.2, 0.25) is 5.91 Å². The lowest BCUT2D eigenvalue weighted by Gasteiger charge is -2.06. The largest absolute Gasteiger partial charge is 0.311 e. The summed E-state index contributed by atoms with van der Waals surface area (Å²) < 4.78 is 24.1. The first-order valence-electron chi connectivity index (χ1n) is 7.42. The number of hydrogen-bond donors (Lipinski definition) is 1. The Balaban J connectivity index is 1.78. The summed E-state index contributed by atoms with van der Waals surface area (Å²) in [6.45, 7) is 1.84. The molecule has 5 nitrogen and oxygen atoms in total. The standard InChI is InChI=1S/C17H20N2O3S/c1-14-7-5-10-16(18-14)19-17(20)11-6-12-23(21,22)13-15-8-3-2-4-9-15/h2-5,7-10H,6,11-13H2,1H3,(H,18,19,20). The average Bonchev–Trinajstić information content (AvgIpc) is 2.47. The van der Waals surface area contributed by atoms with Crippen LogP contribution < -0.4 is 5.32 Å². The fraction of sp³-hybridized carbons (Fsp3) is 0.294. The van der Waals surface area contributed by atoms with E-state index in [-0.39, 0.29) is 23.8 Å². The number of anilines is 1. The molecule has 0 saturated heterocycles. The second kappa shape index (κ2) is 7.87. The van der Waals surface area contributed by atoms with E-state index < -0.39 is 9.84 Å². The molecule has 0 saturated carbocycles. The quantitative estimate of drug-likeness (QED) is 0.846.